The number of anilines is 1. The SMILES string of the molecule is Cc1oc2nc(CN3CCCC(C)(CO)C3)nc(N)c2c1C. The average molecular weight is 304 g/mol. The van der Waals surface area contributed by atoms with Crippen LogP contribution in [0.1, 0.15) is 36.9 Å². The van der Waals surface area contributed by atoms with Crippen LogP contribution in [0.4, 0.5) is 5.82 Å². The molecule has 1 aliphatic heterocycles. The van der Waals surface area contributed by atoms with Crippen LogP contribution in [0.3, 0.4) is 0 Å². The molecule has 2 aromatic heterocycles. The molecule has 0 spiro atoms. The summed E-state index contributed by atoms with van der Waals surface area (Å²) in [5.41, 5.74) is 7.62. The zero-order valence-electron chi connectivity index (χ0n) is 13.5. The molecule has 0 aromatic carbocycles. The van der Waals surface area contributed by atoms with Crippen LogP contribution < -0.4 is 5.73 Å². The number of furan rings is 1. The normalized spacial score (nSPS) is 23.3. The fourth-order valence-corrected chi connectivity index (χ4v) is 3.29. The number of aromatic nitrogens is 2. The second-order valence-corrected chi connectivity index (χ2v) is 6.77. The molecule has 1 aliphatic rings. The van der Waals surface area contributed by atoms with E-state index in [1.165, 1.54) is 0 Å². The second-order valence-electron chi connectivity index (χ2n) is 6.77. The molecule has 3 N–H and O–H groups in total. The molecule has 0 saturated carbocycles. The first-order chi connectivity index (χ1) is 10.4. The average Bonchev–Trinajstić information content (AvgIpc) is 2.74. The highest BCUT2D eigenvalue weighted by molar-refractivity contribution is 5.88. The summed E-state index contributed by atoms with van der Waals surface area (Å²) in [6, 6.07) is 0. The predicted octanol–water partition coefficient (Wildman–Crippen LogP) is 2.02. The van der Waals surface area contributed by atoms with Crippen molar-refractivity contribution in [2.45, 2.75) is 40.2 Å². The largest absolute Gasteiger partial charge is 0.443 e. The van der Waals surface area contributed by atoms with Crippen molar-refractivity contribution in [3.8, 4) is 0 Å². The van der Waals surface area contributed by atoms with Gasteiger partial charge in [-0.3, -0.25) is 4.90 Å². The van der Waals surface area contributed by atoms with Crippen molar-refractivity contribution >= 4 is 16.9 Å². The lowest BCUT2D eigenvalue weighted by Crippen LogP contribution is -2.43. The van der Waals surface area contributed by atoms with Gasteiger partial charge in [-0.25, -0.2) is 4.98 Å². The van der Waals surface area contributed by atoms with Crippen LogP contribution in [0.5, 0.6) is 0 Å². The first-order valence-electron chi connectivity index (χ1n) is 7.77. The van der Waals surface area contributed by atoms with Gasteiger partial charge in [0.1, 0.15) is 17.4 Å². The van der Waals surface area contributed by atoms with Crippen LogP contribution >= 0.6 is 0 Å². The molecule has 22 heavy (non-hydrogen) atoms. The van der Waals surface area contributed by atoms with E-state index in [0.29, 0.717) is 23.9 Å². The molecule has 2 aromatic rings. The van der Waals surface area contributed by atoms with E-state index in [0.717, 1.165) is 42.6 Å². The van der Waals surface area contributed by atoms with Crippen LogP contribution in [-0.2, 0) is 6.54 Å². The van der Waals surface area contributed by atoms with Gasteiger partial charge in [0.15, 0.2) is 0 Å². The third-order valence-corrected chi connectivity index (χ3v) is 4.71. The Morgan fingerprint density at radius 2 is 2.14 bits per heavy atom. The van der Waals surface area contributed by atoms with E-state index in [2.05, 4.69) is 21.8 Å². The first-order valence-corrected chi connectivity index (χ1v) is 7.77. The van der Waals surface area contributed by atoms with Crippen LogP contribution in [-0.4, -0.2) is 39.7 Å². The van der Waals surface area contributed by atoms with E-state index in [4.69, 9.17) is 10.2 Å². The van der Waals surface area contributed by atoms with E-state index < -0.39 is 0 Å². The molecule has 1 saturated heterocycles. The Balaban J connectivity index is 1.85. The van der Waals surface area contributed by atoms with Crippen molar-refractivity contribution in [3.05, 3.63) is 17.1 Å². The highest BCUT2D eigenvalue weighted by atomic mass is 16.3. The molecule has 0 radical (unpaired) electrons. The molecule has 6 nitrogen and oxygen atoms in total. The van der Waals surface area contributed by atoms with E-state index in [-0.39, 0.29) is 12.0 Å². The summed E-state index contributed by atoms with van der Waals surface area (Å²) in [5, 5.41) is 10.4. The minimum atomic E-state index is -0.0360. The fraction of sp³-hybridized carbons (Fsp3) is 0.625. The Kier molecular flexibility index (Phi) is 3.82. The van der Waals surface area contributed by atoms with E-state index in [9.17, 15) is 5.11 Å². The Bertz CT molecular complexity index is 697. The standard InChI is InChI=1S/C16H24N4O2/c1-10-11(2)22-15-13(10)14(17)18-12(19-15)7-20-6-4-5-16(3,8-20)9-21/h21H,4-9H2,1-3H3,(H2,17,18,19). The lowest BCUT2D eigenvalue weighted by molar-refractivity contribution is 0.0418. The lowest BCUT2D eigenvalue weighted by atomic mass is 9.83. The number of piperidine rings is 1. The number of aryl methyl sites for hydroxylation is 2. The van der Waals surface area contributed by atoms with Crippen molar-refractivity contribution in [2.75, 3.05) is 25.4 Å². The van der Waals surface area contributed by atoms with Crippen molar-refractivity contribution in [1.29, 1.82) is 0 Å². The van der Waals surface area contributed by atoms with Gasteiger partial charge in [0.2, 0.25) is 5.71 Å². The lowest BCUT2D eigenvalue weighted by Gasteiger charge is -2.38. The van der Waals surface area contributed by atoms with Crippen LogP contribution in [0.2, 0.25) is 0 Å². The van der Waals surface area contributed by atoms with Gasteiger partial charge < -0.3 is 15.3 Å². The van der Waals surface area contributed by atoms with Gasteiger partial charge in [-0.2, -0.15) is 4.98 Å². The molecule has 1 fully saturated rings. The van der Waals surface area contributed by atoms with Crippen molar-refractivity contribution in [1.82, 2.24) is 14.9 Å². The molecule has 3 rings (SSSR count). The molecular weight excluding hydrogens is 280 g/mol. The fourth-order valence-electron chi connectivity index (χ4n) is 3.29. The number of aliphatic hydroxyl groups excluding tert-OH is 1. The third-order valence-electron chi connectivity index (χ3n) is 4.71. The minimum absolute atomic E-state index is 0.0360. The zero-order chi connectivity index (χ0) is 15.9. The maximum absolute atomic E-state index is 9.56. The number of nitrogen functional groups attached to an aromatic ring is 1. The second kappa shape index (κ2) is 5.52. The Labute approximate surface area is 130 Å². The van der Waals surface area contributed by atoms with E-state index in [1.54, 1.807) is 0 Å². The maximum Gasteiger partial charge on any atom is 0.231 e. The maximum atomic E-state index is 9.56. The molecule has 0 aliphatic carbocycles. The highest BCUT2D eigenvalue weighted by Crippen LogP contribution is 2.30. The Morgan fingerprint density at radius 3 is 2.86 bits per heavy atom. The number of hydrogen-bond acceptors (Lipinski definition) is 6. The smallest absolute Gasteiger partial charge is 0.231 e. The number of likely N-dealkylation sites (tertiary alicyclic amines) is 1. The molecule has 0 bridgehead atoms. The summed E-state index contributed by atoms with van der Waals surface area (Å²) < 4.78 is 5.68. The minimum Gasteiger partial charge on any atom is -0.443 e. The first kappa shape index (κ1) is 15.2. The third kappa shape index (κ3) is 2.68. The zero-order valence-corrected chi connectivity index (χ0v) is 13.5. The number of hydrogen-bond donors (Lipinski definition) is 2. The Hall–Kier alpha value is -1.66. The highest BCUT2D eigenvalue weighted by Gasteiger charge is 2.30. The van der Waals surface area contributed by atoms with Gasteiger partial charge in [0.05, 0.1) is 11.9 Å². The van der Waals surface area contributed by atoms with E-state index >= 15 is 0 Å². The number of aliphatic hydroxyl groups is 1. The number of nitrogens with two attached hydrogens (primary N) is 1. The van der Waals surface area contributed by atoms with Crippen molar-refractivity contribution < 1.29 is 9.52 Å². The molecule has 1 atom stereocenters. The quantitative estimate of drug-likeness (QED) is 0.902. The number of fused-ring (bicyclic) bond motifs is 1. The summed E-state index contributed by atoms with van der Waals surface area (Å²) in [6.45, 7) is 8.69. The molecule has 6 heteroatoms. The van der Waals surface area contributed by atoms with Gasteiger partial charge >= 0.3 is 0 Å². The van der Waals surface area contributed by atoms with Gasteiger partial charge in [-0.1, -0.05) is 6.92 Å². The summed E-state index contributed by atoms with van der Waals surface area (Å²) in [5.74, 6) is 2.00. The number of nitrogens with zero attached hydrogens (tertiary/aromatic N) is 3. The van der Waals surface area contributed by atoms with E-state index in [1.807, 2.05) is 13.8 Å². The van der Waals surface area contributed by atoms with Gasteiger partial charge in [-0.05, 0) is 33.2 Å². The topological polar surface area (TPSA) is 88.4 Å². The van der Waals surface area contributed by atoms with Crippen molar-refractivity contribution in [3.63, 3.8) is 0 Å². The van der Waals surface area contributed by atoms with Crippen LogP contribution in [0.25, 0.3) is 11.1 Å². The summed E-state index contributed by atoms with van der Waals surface area (Å²) in [7, 11) is 0. The summed E-state index contributed by atoms with van der Waals surface area (Å²) in [6.07, 6.45) is 2.13. The van der Waals surface area contributed by atoms with Gasteiger partial charge in [0.25, 0.3) is 0 Å². The van der Waals surface area contributed by atoms with Gasteiger partial charge in [-0.15, -0.1) is 0 Å². The predicted molar refractivity (Wildman–Crippen MR) is 85.4 cm³/mol. The molecule has 120 valence electrons. The van der Waals surface area contributed by atoms with Crippen LogP contribution in [0, 0.1) is 19.3 Å². The molecular formula is C16H24N4O2. The Morgan fingerprint density at radius 1 is 1.36 bits per heavy atom. The van der Waals surface area contributed by atoms with Crippen LogP contribution in [0.15, 0.2) is 4.42 Å². The monoisotopic (exact) mass is 304 g/mol. The molecule has 3 heterocycles. The van der Waals surface area contributed by atoms with Crippen molar-refractivity contribution in [2.24, 2.45) is 5.41 Å². The molecule has 0 amide bonds. The molecule has 1 unspecified atom stereocenters. The summed E-state index contributed by atoms with van der Waals surface area (Å²) >= 11 is 0. The summed E-state index contributed by atoms with van der Waals surface area (Å²) in [4.78, 5) is 11.2. The number of rotatable bonds is 3. The van der Waals surface area contributed by atoms with Gasteiger partial charge in [0, 0.05) is 24.1 Å².